The maximum absolute atomic E-state index is 12.4. The zero-order valence-corrected chi connectivity index (χ0v) is 16.2. The first-order valence-corrected chi connectivity index (χ1v) is 9.50. The van der Waals surface area contributed by atoms with Crippen LogP contribution in [-0.2, 0) is 15.9 Å². The van der Waals surface area contributed by atoms with Crippen LogP contribution in [0, 0.1) is 5.92 Å². The minimum absolute atomic E-state index is 0.0542. The molecule has 0 aliphatic carbocycles. The van der Waals surface area contributed by atoms with Gasteiger partial charge in [0.1, 0.15) is 0 Å². The number of hydrogen-bond donors (Lipinski definition) is 0. The van der Waals surface area contributed by atoms with Crippen LogP contribution >= 0.6 is 0 Å². The summed E-state index contributed by atoms with van der Waals surface area (Å²) >= 11 is 0. The van der Waals surface area contributed by atoms with E-state index in [0.29, 0.717) is 25.5 Å². The molecular formula is C22H25NO5. The fraction of sp³-hybridized carbons (Fsp3) is 0.409. The van der Waals surface area contributed by atoms with Crippen LogP contribution in [0.1, 0.15) is 27.5 Å². The summed E-state index contributed by atoms with van der Waals surface area (Å²) in [5.74, 6) is 1.21. The van der Waals surface area contributed by atoms with E-state index in [1.54, 1.807) is 26.4 Å². The molecule has 0 radical (unpaired) electrons. The Balaban J connectivity index is 1.57. The first-order chi connectivity index (χ1) is 13.7. The molecule has 0 amide bonds. The number of hydrogen-bond acceptors (Lipinski definition) is 6. The van der Waals surface area contributed by atoms with E-state index < -0.39 is 0 Å². The number of carbonyl (C=O) groups excluding carboxylic acids is 1. The maximum Gasteiger partial charge on any atom is 0.338 e. The third-order valence-corrected chi connectivity index (χ3v) is 5.50. The van der Waals surface area contributed by atoms with Gasteiger partial charge in [-0.2, -0.15) is 0 Å². The van der Waals surface area contributed by atoms with Gasteiger partial charge in [-0.15, -0.1) is 0 Å². The molecule has 2 aromatic carbocycles. The van der Waals surface area contributed by atoms with Crippen molar-refractivity contribution in [3.63, 3.8) is 0 Å². The average molecular weight is 383 g/mol. The molecule has 0 N–H and O–H groups in total. The summed E-state index contributed by atoms with van der Waals surface area (Å²) in [6.07, 6.45) is 0.923. The van der Waals surface area contributed by atoms with Gasteiger partial charge >= 0.3 is 5.97 Å². The van der Waals surface area contributed by atoms with Crippen LogP contribution in [0.3, 0.4) is 0 Å². The number of ether oxygens (including phenoxy) is 4. The Morgan fingerprint density at radius 1 is 1.14 bits per heavy atom. The number of benzene rings is 2. The minimum atomic E-state index is -0.305. The second kappa shape index (κ2) is 8.20. The van der Waals surface area contributed by atoms with Crippen LogP contribution in [0.5, 0.6) is 11.5 Å². The van der Waals surface area contributed by atoms with E-state index in [1.165, 1.54) is 11.1 Å². The summed E-state index contributed by atoms with van der Waals surface area (Å²) in [6, 6.07) is 13.3. The van der Waals surface area contributed by atoms with Crippen LogP contribution in [0.4, 0.5) is 0 Å². The molecule has 2 heterocycles. The topological polar surface area (TPSA) is 57.2 Å². The predicted octanol–water partition coefficient (Wildman–Crippen LogP) is 3.06. The smallest absolute Gasteiger partial charge is 0.338 e. The standard InChI is InChI=1S/C22H25NO5/c1-25-19-10-16-8-9-23-14-27-12-17(21(23)18(16)11-20(19)26-2)13-28-22(24)15-6-4-3-5-7-15/h3-7,10-11,17,21H,8-9,12-14H2,1-2H3/t17-,21-/m1/s1. The van der Waals surface area contributed by atoms with Crippen LogP contribution < -0.4 is 9.47 Å². The molecule has 6 nitrogen and oxygen atoms in total. The molecule has 0 aromatic heterocycles. The number of nitrogens with zero attached hydrogens (tertiary/aromatic N) is 1. The first kappa shape index (κ1) is 18.8. The molecule has 2 aromatic rings. The monoisotopic (exact) mass is 383 g/mol. The Hall–Kier alpha value is -2.57. The lowest BCUT2D eigenvalue weighted by Gasteiger charge is -2.44. The molecule has 1 saturated heterocycles. The lowest BCUT2D eigenvalue weighted by atomic mass is 9.84. The number of esters is 1. The molecular weight excluding hydrogens is 358 g/mol. The van der Waals surface area contributed by atoms with E-state index in [0.717, 1.165) is 24.5 Å². The van der Waals surface area contributed by atoms with Crippen molar-refractivity contribution in [3.05, 3.63) is 59.2 Å². The first-order valence-electron chi connectivity index (χ1n) is 9.50. The van der Waals surface area contributed by atoms with Crippen LogP contribution in [0.2, 0.25) is 0 Å². The van der Waals surface area contributed by atoms with Crippen molar-refractivity contribution in [1.82, 2.24) is 4.90 Å². The molecule has 2 atom stereocenters. The average Bonchev–Trinajstić information content (AvgIpc) is 2.76. The van der Waals surface area contributed by atoms with Crippen molar-refractivity contribution < 1.29 is 23.7 Å². The van der Waals surface area contributed by atoms with E-state index in [9.17, 15) is 4.79 Å². The largest absolute Gasteiger partial charge is 0.493 e. The van der Waals surface area contributed by atoms with Gasteiger partial charge in [0.05, 0.1) is 39.7 Å². The van der Waals surface area contributed by atoms with E-state index in [-0.39, 0.29) is 17.9 Å². The summed E-state index contributed by atoms with van der Waals surface area (Å²) in [5, 5.41) is 0. The fourth-order valence-corrected chi connectivity index (χ4v) is 4.12. The lowest BCUT2D eigenvalue weighted by molar-refractivity contribution is -0.102. The number of rotatable bonds is 5. The third kappa shape index (κ3) is 3.57. The van der Waals surface area contributed by atoms with E-state index in [2.05, 4.69) is 17.0 Å². The molecule has 2 aliphatic rings. The van der Waals surface area contributed by atoms with Crippen molar-refractivity contribution >= 4 is 5.97 Å². The zero-order chi connectivity index (χ0) is 19.5. The van der Waals surface area contributed by atoms with Gasteiger partial charge in [0.2, 0.25) is 0 Å². The second-order valence-corrected chi connectivity index (χ2v) is 7.14. The summed E-state index contributed by atoms with van der Waals surface area (Å²) in [4.78, 5) is 14.7. The van der Waals surface area contributed by atoms with Gasteiger partial charge < -0.3 is 18.9 Å². The fourth-order valence-electron chi connectivity index (χ4n) is 4.12. The molecule has 0 bridgehead atoms. The van der Waals surface area contributed by atoms with Gasteiger partial charge in [-0.1, -0.05) is 18.2 Å². The highest BCUT2D eigenvalue weighted by Gasteiger charge is 2.38. The van der Waals surface area contributed by atoms with Gasteiger partial charge in [0, 0.05) is 18.5 Å². The number of fused-ring (bicyclic) bond motifs is 3. The minimum Gasteiger partial charge on any atom is -0.493 e. The SMILES string of the molecule is COc1cc2c(cc1OC)[C@H]1[C@@H](COC(=O)c3ccccc3)COCN1CC2. The highest BCUT2D eigenvalue weighted by molar-refractivity contribution is 5.89. The Kier molecular flexibility index (Phi) is 5.50. The summed E-state index contributed by atoms with van der Waals surface area (Å²) in [6.45, 7) is 2.34. The summed E-state index contributed by atoms with van der Waals surface area (Å²) < 4.78 is 22.4. The highest BCUT2D eigenvalue weighted by atomic mass is 16.5. The van der Waals surface area contributed by atoms with Crippen molar-refractivity contribution in [2.75, 3.05) is 40.7 Å². The molecule has 6 heteroatoms. The third-order valence-electron chi connectivity index (χ3n) is 5.50. The zero-order valence-electron chi connectivity index (χ0n) is 16.2. The van der Waals surface area contributed by atoms with Gasteiger partial charge in [0.25, 0.3) is 0 Å². The Morgan fingerprint density at radius 3 is 2.64 bits per heavy atom. The second-order valence-electron chi connectivity index (χ2n) is 7.14. The molecule has 28 heavy (non-hydrogen) atoms. The van der Waals surface area contributed by atoms with Crippen molar-refractivity contribution in [3.8, 4) is 11.5 Å². The molecule has 148 valence electrons. The molecule has 1 fully saturated rings. The van der Waals surface area contributed by atoms with Crippen molar-refractivity contribution in [1.29, 1.82) is 0 Å². The van der Waals surface area contributed by atoms with E-state index in [4.69, 9.17) is 18.9 Å². The van der Waals surface area contributed by atoms with Gasteiger partial charge in [-0.25, -0.2) is 4.79 Å². The number of methoxy groups -OCH3 is 2. The Bertz CT molecular complexity index is 838. The van der Waals surface area contributed by atoms with E-state index in [1.807, 2.05) is 18.2 Å². The Labute approximate surface area is 165 Å². The molecule has 2 aliphatic heterocycles. The molecule has 0 saturated carbocycles. The Morgan fingerprint density at radius 2 is 1.89 bits per heavy atom. The van der Waals surface area contributed by atoms with Gasteiger partial charge in [0.15, 0.2) is 11.5 Å². The predicted molar refractivity (Wildman–Crippen MR) is 104 cm³/mol. The quantitative estimate of drug-likeness (QED) is 0.740. The van der Waals surface area contributed by atoms with Gasteiger partial charge in [-0.05, 0) is 41.8 Å². The summed E-state index contributed by atoms with van der Waals surface area (Å²) in [7, 11) is 3.30. The summed E-state index contributed by atoms with van der Waals surface area (Å²) in [5.41, 5.74) is 3.01. The maximum atomic E-state index is 12.4. The van der Waals surface area contributed by atoms with Crippen LogP contribution in [-0.4, -0.2) is 51.6 Å². The normalized spacial score (nSPS) is 21.4. The molecule has 4 rings (SSSR count). The van der Waals surface area contributed by atoms with Crippen LogP contribution in [0.25, 0.3) is 0 Å². The lowest BCUT2D eigenvalue weighted by Crippen LogP contribution is -2.47. The van der Waals surface area contributed by atoms with Crippen molar-refractivity contribution in [2.45, 2.75) is 12.5 Å². The van der Waals surface area contributed by atoms with Gasteiger partial charge in [-0.3, -0.25) is 4.90 Å². The van der Waals surface area contributed by atoms with E-state index >= 15 is 0 Å². The van der Waals surface area contributed by atoms with Crippen LogP contribution in [0.15, 0.2) is 42.5 Å². The highest BCUT2D eigenvalue weighted by Crippen LogP contribution is 2.42. The molecule has 0 unspecified atom stereocenters. The van der Waals surface area contributed by atoms with Crippen molar-refractivity contribution in [2.24, 2.45) is 5.92 Å². The number of carbonyl (C=O) groups is 1. The molecule has 0 spiro atoms.